The minimum Gasteiger partial charge on any atom is -0.490 e. The Labute approximate surface area is 200 Å². The maximum atomic E-state index is 13.2. The highest BCUT2D eigenvalue weighted by molar-refractivity contribution is 6.30. The van der Waals surface area contributed by atoms with Crippen LogP contribution in [0.25, 0.3) is 0 Å². The van der Waals surface area contributed by atoms with Crippen molar-refractivity contribution in [1.29, 1.82) is 0 Å². The van der Waals surface area contributed by atoms with Crippen molar-refractivity contribution >= 4 is 23.4 Å². The van der Waals surface area contributed by atoms with E-state index >= 15 is 0 Å². The number of hydrogen-bond acceptors (Lipinski definition) is 4. The summed E-state index contributed by atoms with van der Waals surface area (Å²) < 4.78 is 12.3. The second-order valence-electron chi connectivity index (χ2n) is 8.99. The third kappa shape index (κ3) is 6.06. The van der Waals surface area contributed by atoms with Gasteiger partial charge in [-0.2, -0.15) is 0 Å². The number of ether oxygens (including phenoxy) is 2. The summed E-state index contributed by atoms with van der Waals surface area (Å²) in [6, 6.07) is 14.7. The van der Waals surface area contributed by atoms with E-state index < -0.39 is 5.60 Å². The number of halogens is 1. The van der Waals surface area contributed by atoms with Crippen molar-refractivity contribution in [3.8, 4) is 5.75 Å². The highest BCUT2D eigenvalue weighted by atomic mass is 35.5. The Bertz CT molecular complexity index is 975. The van der Waals surface area contributed by atoms with Gasteiger partial charge in [-0.15, -0.1) is 0 Å². The molecule has 1 atom stereocenters. The predicted molar refractivity (Wildman–Crippen MR) is 128 cm³/mol. The second kappa shape index (κ2) is 10.6. The number of carbonyl (C=O) groups excluding carboxylic acids is 2. The van der Waals surface area contributed by atoms with Gasteiger partial charge in [0.05, 0.1) is 19.6 Å². The molecule has 0 N–H and O–H groups in total. The Hall–Kier alpha value is -2.57. The first kappa shape index (κ1) is 23.6. The van der Waals surface area contributed by atoms with E-state index in [1.807, 2.05) is 48.2 Å². The fourth-order valence-electron chi connectivity index (χ4n) is 4.44. The lowest BCUT2D eigenvalue weighted by molar-refractivity contribution is -0.153. The number of amides is 2. The standard InChI is InChI=1S/C26H31ClN2O4/c1-20-8-10-21(11-9-20)25(31)29-14-15-33-26(18-29,17-24(30)28-12-3-2-4-13-28)19-32-23-7-5-6-22(27)16-23/h5-11,16H,2-4,12-15,17-19H2,1H3. The average Bonchev–Trinajstić information content (AvgIpc) is 2.84. The van der Waals surface area contributed by atoms with Crippen molar-refractivity contribution in [2.45, 2.75) is 38.2 Å². The first-order valence-corrected chi connectivity index (χ1v) is 12.0. The van der Waals surface area contributed by atoms with E-state index in [-0.39, 0.29) is 24.8 Å². The van der Waals surface area contributed by atoms with Gasteiger partial charge in [-0.25, -0.2) is 0 Å². The molecule has 6 nitrogen and oxygen atoms in total. The zero-order chi connectivity index (χ0) is 23.3. The molecule has 7 heteroatoms. The van der Waals surface area contributed by atoms with Crippen molar-refractivity contribution in [2.75, 3.05) is 39.4 Å². The molecule has 0 saturated carbocycles. The third-order valence-electron chi connectivity index (χ3n) is 6.31. The van der Waals surface area contributed by atoms with Gasteiger partial charge in [-0.3, -0.25) is 9.59 Å². The molecule has 1 unspecified atom stereocenters. The number of piperidine rings is 1. The fraction of sp³-hybridized carbons (Fsp3) is 0.462. The summed E-state index contributed by atoms with van der Waals surface area (Å²) in [5, 5.41) is 0.576. The molecule has 0 aromatic heterocycles. The largest absolute Gasteiger partial charge is 0.490 e. The van der Waals surface area contributed by atoms with Crippen molar-refractivity contribution in [3.05, 3.63) is 64.7 Å². The normalized spacial score (nSPS) is 21.0. The Morgan fingerprint density at radius 2 is 1.79 bits per heavy atom. The van der Waals surface area contributed by atoms with Crippen molar-refractivity contribution in [1.82, 2.24) is 9.80 Å². The molecule has 2 aromatic rings. The van der Waals surface area contributed by atoms with Crippen LogP contribution in [0.4, 0.5) is 0 Å². The number of aryl methyl sites for hydroxylation is 1. The van der Waals surface area contributed by atoms with Gasteiger partial charge in [0.25, 0.3) is 5.91 Å². The molecule has 4 rings (SSSR count). The lowest BCUT2D eigenvalue weighted by Crippen LogP contribution is -2.58. The van der Waals surface area contributed by atoms with Crippen molar-refractivity contribution in [3.63, 3.8) is 0 Å². The number of carbonyl (C=O) groups is 2. The molecular formula is C26H31ClN2O4. The van der Waals surface area contributed by atoms with Crippen LogP contribution in [0.5, 0.6) is 5.75 Å². The van der Waals surface area contributed by atoms with Gasteiger partial charge >= 0.3 is 0 Å². The number of hydrogen-bond donors (Lipinski definition) is 0. The molecule has 2 aliphatic rings. The minimum atomic E-state index is -0.921. The number of rotatable bonds is 6. The molecule has 176 valence electrons. The quantitative estimate of drug-likeness (QED) is 0.630. The van der Waals surface area contributed by atoms with E-state index in [9.17, 15) is 9.59 Å². The van der Waals surface area contributed by atoms with E-state index in [1.54, 1.807) is 17.0 Å². The van der Waals surface area contributed by atoms with Gasteiger partial charge in [0.2, 0.25) is 5.91 Å². The molecule has 2 saturated heterocycles. The number of likely N-dealkylation sites (tertiary alicyclic amines) is 1. The number of benzene rings is 2. The lowest BCUT2D eigenvalue weighted by atomic mass is 9.95. The van der Waals surface area contributed by atoms with E-state index in [0.717, 1.165) is 37.9 Å². The maximum absolute atomic E-state index is 13.2. The van der Waals surface area contributed by atoms with Crippen LogP contribution in [0.2, 0.25) is 5.02 Å². The summed E-state index contributed by atoms with van der Waals surface area (Å²) in [7, 11) is 0. The summed E-state index contributed by atoms with van der Waals surface area (Å²) >= 11 is 6.11. The molecule has 2 aromatic carbocycles. The van der Waals surface area contributed by atoms with E-state index in [4.69, 9.17) is 21.1 Å². The van der Waals surface area contributed by atoms with Crippen LogP contribution >= 0.6 is 11.6 Å². The Balaban J connectivity index is 1.53. The highest BCUT2D eigenvalue weighted by Gasteiger charge is 2.42. The SMILES string of the molecule is Cc1ccc(C(=O)N2CCOC(COc3cccc(Cl)c3)(CC(=O)N3CCCCC3)C2)cc1. The molecule has 0 bridgehead atoms. The Kier molecular flexibility index (Phi) is 7.56. The molecule has 0 spiro atoms. The van der Waals surface area contributed by atoms with E-state index in [2.05, 4.69) is 0 Å². The number of morpholine rings is 1. The summed E-state index contributed by atoms with van der Waals surface area (Å²) in [5.41, 5.74) is 0.814. The molecule has 2 amide bonds. The summed E-state index contributed by atoms with van der Waals surface area (Å²) in [4.78, 5) is 30.1. The maximum Gasteiger partial charge on any atom is 0.254 e. The van der Waals surface area contributed by atoms with Gasteiger partial charge in [-0.1, -0.05) is 35.4 Å². The Morgan fingerprint density at radius 1 is 1.03 bits per heavy atom. The zero-order valence-electron chi connectivity index (χ0n) is 19.1. The lowest BCUT2D eigenvalue weighted by Gasteiger charge is -2.43. The van der Waals surface area contributed by atoms with E-state index in [1.165, 1.54) is 0 Å². The highest BCUT2D eigenvalue weighted by Crippen LogP contribution is 2.28. The predicted octanol–water partition coefficient (Wildman–Crippen LogP) is 4.34. The van der Waals surface area contributed by atoms with E-state index in [0.29, 0.717) is 36.0 Å². The van der Waals surface area contributed by atoms with Gasteiger partial charge < -0.3 is 19.3 Å². The first-order chi connectivity index (χ1) is 15.9. The van der Waals surface area contributed by atoms with Crippen molar-refractivity contribution in [2.24, 2.45) is 0 Å². The first-order valence-electron chi connectivity index (χ1n) is 11.6. The van der Waals surface area contributed by atoms with Crippen LogP contribution in [0.1, 0.15) is 41.6 Å². The third-order valence-corrected chi connectivity index (χ3v) is 6.55. The van der Waals surface area contributed by atoms with Crippen LogP contribution < -0.4 is 4.74 Å². The average molecular weight is 471 g/mol. The summed E-state index contributed by atoms with van der Waals surface area (Å²) in [6.07, 6.45) is 3.38. The Morgan fingerprint density at radius 3 is 2.52 bits per heavy atom. The minimum absolute atomic E-state index is 0.0500. The monoisotopic (exact) mass is 470 g/mol. The molecule has 0 aliphatic carbocycles. The van der Waals surface area contributed by atoms with Crippen LogP contribution in [-0.4, -0.2) is 66.6 Å². The summed E-state index contributed by atoms with van der Waals surface area (Å²) in [5.74, 6) is 0.600. The van der Waals surface area contributed by atoms with Crippen LogP contribution in [0, 0.1) is 6.92 Å². The molecular weight excluding hydrogens is 440 g/mol. The molecule has 2 fully saturated rings. The molecule has 2 aliphatic heterocycles. The van der Waals surface area contributed by atoms with Crippen LogP contribution in [-0.2, 0) is 9.53 Å². The summed E-state index contributed by atoms with van der Waals surface area (Å²) in [6.45, 7) is 4.82. The fourth-order valence-corrected chi connectivity index (χ4v) is 4.62. The van der Waals surface area contributed by atoms with Crippen molar-refractivity contribution < 1.29 is 19.1 Å². The van der Waals surface area contributed by atoms with Gasteiger partial charge in [0.1, 0.15) is 18.0 Å². The molecule has 2 heterocycles. The van der Waals surface area contributed by atoms with Crippen LogP contribution in [0.3, 0.4) is 0 Å². The molecule has 0 radical (unpaired) electrons. The smallest absolute Gasteiger partial charge is 0.254 e. The van der Waals surface area contributed by atoms with Gasteiger partial charge in [-0.05, 0) is 56.5 Å². The van der Waals surface area contributed by atoms with Gasteiger partial charge in [0, 0.05) is 30.2 Å². The number of nitrogens with zero attached hydrogens (tertiary/aromatic N) is 2. The molecule has 33 heavy (non-hydrogen) atoms. The zero-order valence-corrected chi connectivity index (χ0v) is 19.9. The topological polar surface area (TPSA) is 59.1 Å². The second-order valence-corrected chi connectivity index (χ2v) is 9.42. The van der Waals surface area contributed by atoms with Crippen LogP contribution in [0.15, 0.2) is 48.5 Å². The van der Waals surface area contributed by atoms with Gasteiger partial charge in [0.15, 0.2) is 0 Å².